The van der Waals surface area contributed by atoms with Gasteiger partial charge in [-0.1, -0.05) is 62.9 Å². The largest absolute Gasteiger partial charge is 0.465 e. The number of ether oxygens (including phenoxy) is 1. The minimum absolute atomic E-state index is 0.154. The third-order valence-electron chi connectivity index (χ3n) is 4.69. The molecular weight excluding hydrogens is 354 g/mol. The fourth-order valence-electron chi connectivity index (χ4n) is 3.23. The molecule has 3 rings (SSSR count). The van der Waals surface area contributed by atoms with Crippen molar-refractivity contribution in [3.05, 3.63) is 42.2 Å². The molecule has 2 aromatic heterocycles. The highest BCUT2D eigenvalue weighted by molar-refractivity contribution is 5.72. The first-order valence-corrected chi connectivity index (χ1v) is 9.89. The van der Waals surface area contributed by atoms with Gasteiger partial charge in [-0.15, -0.1) is 0 Å². The molecule has 2 N–H and O–H groups in total. The van der Waals surface area contributed by atoms with E-state index in [2.05, 4.69) is 22.0 Å². The maximum Gasteiger partial charge on any atom is 0.305 e. The van der Waals surface area contributed by atoms with Crippen molar-refractivity contribution >= 4 is 17.6 Å². The normalized spacial score (nSPS) is 11.0. The Balaban J connectivity index is 1.68. The second-order valence-corrected chi connectivity index (χ2v) is 6.79. The molecule has 2 heterocycles. The highest BCUT2D eigenvalue weighted by atomic mass is 16.5. The summed E-state index contributed by atoms with van der Waals surface area (Å²) in [6.45, 7) is 2.46. The number of nitrogens with two attached hydrogens (primary N) is 1. The van der Waals surface area contributed by atoms with E-state index in [1.807, 2.05) is 30.3 Å². The average Bonchev–Trinajstić information content (AvgIpc) is 3.20. The molecule has 0 saturated carbocycles. The van der Waals surface area contributed by atoms with Crippen LogP contribution >= 0.6 is 0 Å². The van der Waals surface area contributed by atoms with Crippen LogP contribution in [0.1, 0.15) is 51.0 Å². The third-order valence-corrected chi connectivity index (χ3v) is 4.69. The van der Waals surface area contributed by atoms with Gasteiger partial charge in [-0.25, -0.2) is 9.97 Å². The van der Waals surface area contributed by atoms with Crippen LogP contribution in [0, 0.1) is 0 Å². The fourth-order valence-corrected chi connectivity index (χ4v) is 3.23. The molecule has 0 aliphatic rings. The SMILES string of the molecule is CCCCCCCC(=O)OCCc1c(-c2ccccc2)nc(N)n2ncnc12. The molecule has 0 saturated heterocycles. The van der Waals surface area contributed by atoms with Gasteiger partial charge in [-0.3, -0.25) is 4.79 Å². The summed E-state index contributed by atoms with van der Waals surface area (Å²) in [5.41, 5.74) is 9.23. The van der Waals surface area contributed by atoms with Crippen molar-refractivity contribution in [3.8, 4) is 11.3 Å². The van der Waals surface area contributed by atoms with Crippen LogP contribution in [-0.4, -0.2) is 32.2 Å². The first kappa shape index (κ1) is 19.8. The van der Waals surface area contributed by atoms with Gasteiger partial charge in [0.2, 0.25) is 5.95 Å². The summed E-state index contributed by atoms with van der Waals surface area (Å²) in [6, 6.07) is 9.79. The zero-order chi connectivity index (χ0) is 19.8. The third kappa shape index (κ3) is 4.85. The van der Waals surface area contributed by atoms with Gasteiger partial charge in [0.05, 0.1) is 12.3 Å². The lowest BCUT2D eigenvalue weighted by atomic mass is 10.0. The van der Waals surface area contributed by atoms with E-state index in [9.17, 15) is 4.79 Å². The zero-order valence-electron chi connectivity index (χ0n) is 16.3. The van der Waals surface area contributed by atoms with Gasteiger partial charge in [-0.2, -0.15) is 9.61 Å². The first-order chi connectivity index (χ1) is 13.7. The van der Waals surface area contributed by atoms with Crippen LogP contribution in [0.5, 0.6) is 0 Å². The van der Waals surface area contributed by atoms with E-state index < -0.39 is 0 Å². The lowest BCUT2D eigenvalue weighted by molar-refractivity contribution is -0.143. The van der Waals surface area contributed by atoms with Gasteiger partial charge in [0.15, 0.2) is 5.65 Å². The number of unbranched alkanes of at least 4 members (excludes halogenated alkanes) is 4. The molecule has 0 spiro atoms. The molecule has 0 amide bonds. The maximum atomic E-state index is 12.0. The van der Waals surface area contributed by atoms with Crippen molar-refractivity contribution in [2.75, 3.05) is 12.3 Å². The molecule has 0 radical (unpaired) electrons. The molecule has 1 aromatic carbocycles. The Morgan fingerprint density at radius 1 is 1.14 bits per heavy atom. The lowest BCUT2D eigenvalue weighted by Crippen LogP contribution is -2.12. The average molecular weight is 381 g/mol. The lowest BCUT2D eigenvalue weighted by Gasteiger charge is -2.12. The Morgan fingerprint density at radius 3 is 2.71 bits per heavy atom. The van der Waals surface area contributed by atoms with E-state index >= 15 is 0 Å². The van der Waals surface area contributed by atoms with Gasteiger partial charge in [-0.05, 0) is 6.42 Å². The van der Waals surface area contributed by atoms with E-state index in [-0.39, 0.29) is 18.5 Å². The Kier molecular flexibility index (Phi) is 6.94. The van der Waals surface area contributed by atoms with Crippen LogP contribution in [0.3, 0.4) is 0 Å². The maximum absolute atomic E-state index is 12.0. The quantitative estimate of drug-likeness (QED) is 0.424. The summed E-state index contributed by atoms with van der Waals surface area (Å²) in [5.74, 6) is 0.123. The summed E-state index contributed by atoms with van der Waals surface area (Å²) in [6.07, 6.45) is 7.96. The molecule has 148 valence electrons. The molecule has 7 nitrogen and oxygen atoms in total. The summed E-state index contributed by atoms with van der Waals surface area (Å²) in [5, 5.41) is 4.13. The van der Waals surface area contributed by atoms with Crippen LogP contribution in [-0.2, 0) is 16.0 Å². The second-order valence-electron chi connectivity index (χ2n) is 6.79. The topological polar surface area (TPSA) is 95.4 Å². The highest BCUT2D eigenvalue weighted by Gasteiger charge is 2.16. The first-order valence-electron chi connectivity index (χ1n) is 9.89. The number of rotatable bonds is 10. The monoisotopic (exact) mass is 381 g/mol. The van der Waals surface area contributed by atoms with Gasteiger partial charge in [0, 0.05) is 24.0 Å². The zero-order valence-corrected chi connectivity index (χ0v) is 16.3. The smallest absolute Gasteiger partial charge is 0.305 e. The van der Waals surface area contributed by atoms with Crippen molar-refractivity contribution in [2.24, 2.45) is 0 Å². The number of aromatic nitrogens is 4. The molecular formula is C21H27N5O2. The van der Waals surface area contributed by atoms with Crippen LogP contribution < -0.4 is 5.73 Å². The number of anilines is 1. The van der Waals surface area contributed by atoms with Crippen molar-refractivity contribution in [1.29, 1.82) is 0 Å². The van der Waals surface area contributed by atoms with E-state index in [1.165, 1.54) is 30.1 Å². The minimum Gasteiger partial charge on any atom is -0.465 e. The van der Waals surface area contributed by atoms with Crippen molar-refractivity contribution in [1.82, 2.24) is 19.6 Å². The molecule has 0 aliphatic carbocycles. The Hall–Kier alpha value is -2.96. The number of carbonyl (C=O) groups is 1. The Morgan fingerprint density at radius 2 is 1.93 bits per heavy atom. The van der Waals surface area contributed by atoms with Crippen LogP contribution in [0.2, 0.25) is 0 Å². The number of carbonyl (C=O) groups excluding carboxylic acids is 1. The summed E-state index contributed by atoms with van der Waals surface area (Å²) >= 11 is 0. The van der Waals surface area contributed by atoms with E-state index in [4.69, 9.17) is 10.5 Å². The number of hydrogen-bond acceptors (Lipinski definition) is 6. The number of nitrogens with zero attached hydrogens (tertiary/aromatic N) is 4. The molecule has 0 bridgehead atoms. The van der Waals surface area contributed by atoms with Gasteiger partial charge >= 0.3 is 5.97 Å². The van der Waals surface area contributed by atoms with Gasteiger partial charge in [0.25, 0.3) is 0 Å². The number of fused-ring (bicyclic) bond motifs is 1. The van der Waals surface area contributed by atoms with Crippen LogP contribution in [0.4, 0.5) is 5.95 Å². The van der Waals surface area contributed by atoms with Crippen molar-refractivity contribution < 1.29 is 9.53 Å². The molecule has 0 aliphatic heterocycles. The van der Waals surface area contributed by atoms with Crippen molar-refractivity contribution in [3.63, 3.8) is 0 Å². The van der Waals surface area contributed by atoms with Crippen LogP contribution in [0.25, 0.3) is 16.9 Å². The predicted molar refractivity (Wildman–Crippen MR) is 109 cm³/mol. The number of nitrogen functional groups attached to an aromatic ring is 1. The highest BCUT2D eigenvalue weighted by Crippen LogP contribution is 2.26. The second kappa shape index (κ2) is 9.82. The fraction of sp³-hybridized carbons (Fsp3) is 0.429. The van der Waals surface area contributed by atoms with E-state index in [0.29, 0.717) is 18.5 Å². The number of hydrogen-bond donors (Lipinski definition) is 1. The van der Waals surface area contributed by atoms with Crippen LogP contribution in [0.15, 0.2) is 36.7 Å². The Bertz CT molecular complexity index is 908. The number of esters is 1. The summed E-state index contributed by atoms with van der Waals surface area (Å²) in [4.78, 5) is 20.8. The van der Waals surface area contributed by atoms with Crippen molar-refractivity contribution in [2.45, 2.75) is 51.9 Å². The molecule has 3 aromatic rings. The number of benzene rings is 1. The molecule has 7 heteroatoms. The van der Waals surface area contributed by atoms with E-state index in [1.54, 1.807) is 0 Å². The molecule has 0 unspecified atom stereocenters. The predicted octanol–water partition coefficient (Wildman–Crippen LogP) is 3.82. The molecule has 0 fully saturated rings. The van der Waals surface area contributed by atoms with Gasteiger partial charge in [0.1, 0.15) is 6.33 Å². The van der Waals surface area contributed by atoms with E-state index in [0.717, 1.165) is 29.7 Å². The van der Waals surface area contributed by atoms with Gasteiger partial charge < -0.3 is 10.5 Å². The Labute approximate surface area is 164 Å². The molecule has 28 heavy (non-hydrogen) atoms. The standard InChI is InChI=1S/C21H27N5O2/c1-2-3-4-5-9-12-18(27)28-14-13-17-19(16-10-7-6-8-11-16)25-21(22)26-20(17)23-15-24-26/h6-8,10-11,15H,2-5,9,12-14H2,1H3,(H2,22,25). The molecule has 0 atom stereocenters. The summed E-state index contributed by atoms with van der Waals surface area (Å²) in [7, 11) is 0. The minimum atomic E-state index is -0.154. The summed E-state index contributed by atoms with van der Waals surface area (Å²) < 4.78 is 6.95.